The van der Waals surface area contributed by atoms with Crippen molar-refractivity contribution in [1.29, 1.82) is 0 Å². The second kappa shape index (κ2) is 4.54. The van der Waals surface area contributed by atoms with Crippen LogP contribution in [0.15, 0.2) is 11.6 Å². The van der Waals surface area contributed by atoms with Crippen LogP contribution in [0.25, 0.3) is 4.96 Å². The average molecular weight is 303 g/mol. The number of hydrogen-bond acceptors (Lipinski definition) is 4. The van der Waals surface area contributed by atoms with Gasteiger partial charge in [0.1, 0.15) is 0 Å². The highest BCUT2D eigenvalue weighted by Gasteiger charge is 2.41. The van der Waals surface area contributed by atoms with Crippen LogP contribution in [0.2, 0.25) is 0 Å². The van der Waals surface area contributed by atoms with Gasteiger partial charge < -0.3 is 4.74 Å². The van der Waals surface area contributed by atoms with E-state index < -0.39 is 0 Å². The number of ether oxygens (including phenoxy) is 1. The number of imidazole rings is 1. The Kier molecular flexibility index (Phi) is 2.73. The Balaban J connectivity index is 1.43. The van der Waals surface area contributed by atoms with E-state index in [2.05, 4.69) is 20.9 Å². The fraction of sp³-hybridized carbons (Fsp3) is 0.688. The van der Waals surface area contributed by atoms with Gasteiger partial charge in [-0.25, -0.2) is 4.98 Å². The van der Waals surface area contributed by atoms with Gasteiger partial charge in [-0.2, -0.15) is 0 Å². The standard InChI is InChI=1S/C16H21N3OS/c1-2-12(1)14-13(19-6-8-21-15(19)17-14)9-18-5-3-16(10-18)4-7-20-11-16/h6,8,12H,1-5,7,9-11H2/t16-/m0/s1. The summed E-state index contributed by atoms with van der Waals surface area (Å²) in [5, 5.41) is 2.15. The van der Waals surface area contributed by atoms with E-state index in [1.165, 1.54) is 55.1 Å². The van der Waals surface area contributed by atoms with E-state index >= 15 is 0 Å². The van der Waals surface area contributed by atoms with Crippen molar-refractivity contribution in [2.75, 3.05) is 26.3 Å². The SMILES string of the molecule is c1cn2c(CN3CC[C@]4(CCOC4)C3)c(C3CC3)nc2s1. The van der Waals surface area contributed by atoms with E-state index in [0.29, 0.717) is 5.41 Å². The largest absolute Gasteiger partial charge is 0.381 e. The van der Waals surface area contributed by atoms with Crippen LogP contribution in [-0.4, -0.2) is 40.6 Å². The number of rotatable bonds is 3. The Bertz CT molecular complexity index is 666. The molecule has 2 aromatic heterocycles. The summed E-state index contributed by atoms with van der Waals surface area (Å²) in [6, 6.07) is 0. The van der Waals surface area contributed by atoms with Crippen LogP contribution < -0.4 is 0 Å². The van der Waals surface area contributed by atoms with E-state index in [9.17, 15) is 0 Å². The minimum atomic E-state index is 0.457. The van der Waals surface area contributed by atoms with E-state index in [1.54, 1.807) is 11.3 Å². The molecule has 3 fully saturated rings. The number of likely N-dealkylation sites (tertiary alicyclic amines) is 1. The lowest BCUT2D eigenvalue weighted by Gasteiger charge is -2.22. The van der Waals surface area contributed by atoms with Gasteiger partial charge in [0, 0.05) is 42.6 Å². The Morgan fingerprint density at radius 3 is 3.14 bits per heavy atom. The summed E-state index contributed by atoms with van der Waals surface area (Å²) in [5.74, 6) is 0.735. The molecule has 1 aliphatic carbocycles. The van der Waals surface area contributed by atoms with Crippen molar-refractivity contribution >= 4 is 16.3 Å². The average Bonchev–Trinajstić information content (AvgIpc) is 2.88. The molecule has 4 heterocycles. The summed E-state index contributed by atoms with van der Waals surface area (Å²) in [5.41, 5.74) is 3.29. The van der Waals surface area contributed by atoms with Gasteiger partial charge >= 0.3 is 0 Å². The minimum absolute atomic E-state index is 0.457. The van der Waals surface area contributed by atoms with Gasteiger partial charge in [0.2, 0.25) is 0 Å². The van der Waals surface area contributed by atoms with Crippen molar-refractivity contribution in [3.05, 3.63) is 23.0 Å². The third-order valence-electron chi connectivity index (χ3n) is 5.43. The quantitative estimate of drug-likeness (QED) is 0.873. The van der Waals surface area contributed by atoms with E-state index in [0.717, 1.165) is 25.7 Å². The summed E-state index contributed by atoms with van der Waals surface area (Å²) in [6.45, 7) is 5.41. The van der Waals surface area contributed by atoms with Gasteiger partial charge in [-0.05, 0) is 32.2 Å². The molecular formula is C16H21N3OS. The molecule has 0 unspecified atom stereocenters. The van der Waals surface area contributed by atoms with Crippen molar-refractivity contribution in [3.63, 3.8) is 0 Å². The fourth-order valence-corrected chi connectivity index (χ4v) is 4.78. The third kappa shape index (κ3) is 2.05. The fourth-order valence-electron chi connectivity index (χ4n) is 4.04. The van der Waals surface area contributed by atoms with Crippen LogP contribution in [0, 0.1) is 5.41 Å². The first-order chi connectivity index (χ1) is 10.3. The zero-order valence-electron chi connectivity index (χ0n) is 12.3. The molecule has 2 saturated heterocycles. The summed E-state index contributed by atoms with van der Waals surface area (Å²) in [6.07, 6.45) is 7.40. The Hall–Kier alpha value is -0.910. The molecule has 5 rings (SSSR count). The lowest BCUT2D eigenvalue weighted by Crippen LogP contribution is -2.27. The van der Waals surface area contributed by atoms with Crippen molar-refractivity contribution < 1.29 is 4.74 Å². The number of fused-ring (bicyclic) bond motifs is 1. The molecule has 3 aliphatic rings. The monoisotopic (exact) mass is 303 g/mol. The molecule has 2 aliphatic heterocycles. The van der Waals surface area contributed by atoms with Gasteiger partial charge in [-0.15, -0.1) is 11.3 Å². The zero-order valence-corrected chi connectivity index (χ0v) is 13.1. The summed E-state index contributed by atoms with van der Waals surface area (Å²) in [4.78, 5) is 8.69. The molecule has 0 aromatic carbocycles. The maximum Gasteiger partial charge on any atom is 0.194 e. The molecule has 0 amide bonds. The molecular weight excluding hydrogens is 282 g/mol. The first-order valence-electron chi connectivity index (χ1n) is 8.07. The Labute approximate surface area is 128 Å². The zero-order chi connectivity index (χ0) is 13.9. The minimum Gasteiger partial charge on any atom is -0.381 e. The first-order valence-corrected chi connectivity index (χ1v) is 8.95. The van der Waals surface area contributed by atoms with E-state index in [-0.39, 0.29) is 0 Å². The third-order valence-corrected chi connectivity index (χ3v) is 6.19. The van der Waals surface area contributed by atoms with Crippen LogP contribution in [0.4, 0.5) is 0 Å². The normalized spacial score (nSPS) is 30.1. The van der Waals surface area contributed by atoms with Crippen molar-refractivity contribution in [1.82, 2.24) is 14.3 Å². The second-order valence-electron chi connectivity index (χ2n) is 7.04. The summed E-state index contributed by atoms with van der Waals surface area (Å²) < 4.78 is 7.98. The smallest absolute Gasteiger partial charge is 0.194 e. The Morgan fingerprint density at radius 2 is 2.33 bits per heavy atom. The van der Waals surface area contributed by atoms with Crippen LogP contribution >= 0.6 is 11.3 Å². The number of hydrogen-bond donors (Lipinski definition) is 0. The van der Waals surface area contributed by atoms with Gasteiger partial charge in [-0.3, -0.25) is 9.30 Å². The molecule has 21 heavy (non-hydrogen) atoms. The molecule has 0 bridgehead atoms. The molecule has 5 heteroatoms. The van der Waals surface area contributed by atoms with Crippen molar-refractivity contribution in [3.8, 4) is 0 Å². The molecule has 1 atom stereocenters. The van der Waals surface area contributed by atoms with E-state index in [1.807, 2.05) is 0 Å². The van der Waals surface area contributed by atoms with E-state index in [4.69, 9.17) is 9.72 Å². The highest BCUT2D eigenvalue weighted by molar-refractivity contribution is 7.15. The molecule has 0 radical (unpaired) electrons. The summed E-state index contributed by atoms with van der Waals surface area (Å²) >= 11 is 1.76. The number of nitrogens with zero attached hydrogens (tertiary/aromatic N) is 3. The number of aromatic nitrogens is 2. The van der Waals surface area contributed by atoms with Crippen molar-refractivity contribution in [2.45, 2.75) is 38.1 Å². The predicted octanol–water partition coefficient (Wildman–Crippen LogP) is 2.89. The maximum atomic E-state index is 5.65. The first kappa shape index (κ1) is 12.6. The number of thiazole rings is 1. The van der Waals surface area contributed by atoms with Crippen LogP contribution in [-0.2, 0) is 11.3 Å². The van der Waals surface area contributed by atoms with Gasteiger partial charge in [0.25, 0.3) is 0 Å². The van der Waals surface area contributed by atoms with Crippen LogP contribution in [0.5, 0.6) is 0 Å². The lowest BCUT2D eigenvalue weighted by atomic mass is 9.87. The molecule has 0 N–H and O–H groups in total. The Morgan fingerprint density at radius 1 is 1.38 bits per heavy atom. The topological polar surface area (TPSA) is 29.8 Å². The highest BCUT2D eigenvalue weighted by atomic mass is 32.1. The molecule has 1 saturated carbocycles. The molecule has 112 valence electrons. The summed E-state index contributed by atoms with van der Waals surface area (Å²) in [7, 11) is 0. The second-order valence-corrected chi connectivity index (χ2v) is 7.91. The lowest BCUT2D eigenvalue weighted by molar-refractivity contribution is 0.151. The van der Waals surface area contributed by atoms with Gasteiger partial charge in [0.05, 0.1) is 18.0 Å². The van der Waals surface area contributed by atoms with Crippen LogP contribution in [0.1, 0.15) is 43.0 Å². The van der Waals surface area contributed by atoms with Gasteiger partial charge in [0.15, 0.2) is 4.96 Å². The van der Waals surface area contributed by atoms with Crippen molar-refractivity contribution in [2.24, 2.45) is 5.41 Å². The van der Waals surface area contributed by atoms with Crippen LogP contribution in [0.3, 0.4) is 0 Å². The highest BCUT2D eigenvalue weighted by Crippen LogP contribution is 2.43. The predicted molar refractivity (Wildman–Crippen MR) is 82.8 cm³/mol. The molecule has 1 spiro atoms. The van der Waals surface area contributed by atoms with Gasteiger partial charge in [-0.1, -0.05) is 0 Å². The molecule has 4 nitrogen and oxygen atoms in total. The maximum absolute atomic E-state index is 5.65. The molecule has 2 aromatic rings.